The minimum absolute atomic E-state index is 0. The van der Waals surface area contributed by atoms with Crippen molar-refractivity contribution in [1.29, 1.82) is 0 Å². The summed E-state index contributed by atoms with van der Waals surface area (Å²) in [7, 11) is 0. The van der Waals surface area contributed by atoms with Crippen LogP contribution >= 0.6 is 24.2 Å². The molecule has 1 aromatic rings. The molecule has 0 heterocycles. The molecule has 0 fully saturated rings. The van der Waals surface area contributed by atoms with Crippen LogP contribution in [0, 0.1) is 0 Å². The summed E-state index contributed by atoms with van der Waals surface area (Å²) >= 11 is -0.220. The summed E-state index contributed by atoms with van der Waals surface area (Å²) in [5, 5.41) is 8.80. The van der Waals surface area contributed by atoms with Gasteiger partial charge in [0.1, 0.15) is 0 Å². The van der Waals surface area contributed by atoms with E-state index < -0.39 is 11.6 Å². The van der Waals surface area contributed by atoms with Crippen molar-refractivity contribution in [3.05, 3.63) is 29.8 Å². The quantitative estimate of drug-likeness (QED) is 0.833. The van der Waals surface area contributed by atoms with Gasteiger partial charge in [-0.1, -0.05) is 18.2 Å². The van der Waals surface area contributed by atoms with Crippen LogP contribution in [0.4, 0.5) is 13.2 Å². The van der Waals surface area contributed by atoms with E-state index in [1.54, 1.807) is 6.07 Å². The minimum atomic E-state index is -4.34. The van der Waals surface area contributed by atoms with Crippen molar-refractivity contribution >= 4 is 24.2 Å². The molecule has 0 amide bonds. The van der Waals surface area contributed by atoms with E-state index in [0.717, 1.165) is 0 Å². The molecule has 1 rings (SSSR count). The van der Waals surface area contributed by atoms with E-state index in [4.69, 9.17) is 10.8 Å². The third-order valence-electron chi connectivity index (χ3n) is 1.74. The number of aliphatic hydroxyl groups is 1. The standard InChI is InChI=1S/C9H10F3NOS.ClH/c10-9(11,12)15-8-4-2-1-3-6(8)7(13)5-14;/h1-4,7,14H,5,13H2;1H/t7-;/m1./s1. The number of benzene rings is 1. The third kappa shape index (κ3) is 4.61. The summed E-state index contributed by atoms with van der Waals surface area (Å²) in [6, 6.07) is 5.13. The van der Waals surface area contributed by atoms with E-state index in [9.17, 15) is 13.2 Å². The second-order valence-electron chi connectivity index (χ2n) is 2.87. The molecule has 7 heteroatoms. The lowest BCUT2D eigenvalue weighted by atomic mass is 10.1. The number of aliphatic hydroxyl groups excluding tert-OH is 1. The van der Waals surface area contributed by atoms with E-state index in [2.05, 4.69) is 0 Å². The minimum Gasteiger partial charge on any atom is -0.394 e. The summed E-state index contributed by atoms with van der Waals surface area (Å²) < 4.78 is 36.4. The van der Waals surface area contributed by atoms with Gasteiger partial charge in [-0.2, -0.15) is 13.2 Å². The van der Waals surface area contributed by atoms with E-state index in [0.29, 0.717) is 5.56 Å². The molecule has 1 atom stereocenters. The first-order valence-corrected chi connectivity index (χ1v) is 4.97. The molecule has 0 radical (unpaired) electrons. The Morgan fingerprint density at radius 1 is 1.31 bits per heavy atom. The largest absolute Gasteiger partial charge is 0.446 e. The molecule has 0 unspecified atom stereocenters. The fourth-order valence-corrected chi connectivity index (χ4v) is 1.84. The number of halogens is 4. The Morgan fingerprint density at radius 2 is 1.88 bits per heavy atom. The Balaban J connectivity index is 0.00000225. The van der Waals surface area contributed by atoms with Gasteiger partial charge in [-0.05, 0) is 23.4 Å². The Hall–Kier alpha value is -0.430. The van der Waals surface area contributed by atoms with Gasteiger partial charge in [-0.25, -0.2) is 0 Å². The van der Waals surface area contributed by atoms with Crippen molar-refractivity contribution in [3.8, 4) is 0 Å². The first-order chi connectivity index (χ1) is 6.94. The second kappa shape index (κ2) is 6.34. The molecule has 0 aliphatic heterocycles. The highest BCUT2D eigenvalue weighted by atomic mass is 35.5. The topological polar surface area (TPSA) is 46.2 Å². The number of alkyl halides is 3. The molecule has 0 bridgehead atoms. The molecule has 2 nitrogen and oxygen atoms in total. The average molecular weight is 274 g/mol. The van der Waals surface area contributed by atoms with Crippen LogP contribution in [-0.2, 0) is 0 Å². The molecule has 92 valence electrons. The van der Waals surface area contributed by atoms with Crippen molar-refractivity contribution in [3.63, 3.8) is 0 Å². The van der Waals surface area contributed by atoms with Crippen LogP contribution in [0.5, 0.6) is 0 Å². The zero-order valence-corrected chi connectivity index (χ0v) is 9.70. The smallest absolute Gasteiger partial charge is 0.394 e. The van der Waals surface area contributed by atoms with Crippen molar-refractivity contribution in [2.45, 2.75) is 16.4 Å². The zero-order valence-electron chi connectivity index (χ0n) is 8.07. The maximum absolute atomic E-state index is 12.1. The molecule has 0 saturated heterocycles. The van der Waals surface area contributed by atoms with E-state index >= 15 is 0 Å². The molecule has 0 aliphatic carbocycles. The fourth-order valence-electron chi connectivity index (χ4n) is 1.10. The van der Waals surface area contributed by atoms with Gasteiger partial charge in [0.2, 0.25) is 0 Å². The number of hydrogen-bond acceptors (Lipinski definition) is 3. The zero-order chi connectivity index (χ0) is 11.5. The van der Waals surface area contributed by atoms with Crippen LogP contribution in [0.1, 0.15) is 11.6 Å². The molecular weight excluding hydrogens is 263 g/mol. The molecule has 1 aromatic carbocycles. The van der Waals surface area contributed by atoms with Gasteiger partial charge in [0.15, 0.2) is 0 Å². The van der Waals surface area contributed by atoms with Gasteiger partial charge in [-0.15, -0.1) is 12.4 Å². The first kappa shape index (κ1) is 15.6. The van der Waals surface area contributed by atoms with Crippen LogP contribution in [0.2, 0.25) is 0 Å². The van der Waals surface area contributed by atoms with Gasteiger partial charge in [-0.3, -0.25) is 0 Å². The van der Waals surface area contributed by atoms with Crippen molar-refractivity contribution < 1.29 is 18.3 Å². The SMILES string of the molecule is Cl.N[C@H](CO)c1ccccc1SC(F)(F)F. The lowest BCUT2D eigenvalue weighted by Gasteiger charge is -2.14. The lowest BCUT2D eigenvalue weighted by Crippen LogP contribution is -2.16. The lowest BCUT2D eigenvalue weighted by molar-refractivity contribution is -0.0328. The maximum Gasteiger partial charge on any atom is 0.446 e. The van der Waals surface area contributed by atoms with Crippen molar-refractivity contribution in [2.75, 3.05) is 6.61 Å². The maximum atomic E-state index is 12.1. The van der Waals surface area contributed by atoms with Gasteiger partial charge < -0.3 is 10.8 Å². The average Bonchev–Trinajstić information content (AvgIpc) is 2.15. The number of nitrogens with two attached hydrogens (primary N) is 1. The third-order valence-corrected chi connectivity index (χ3v) is 2.56. The molecule has 3 N–H and O–H groups in total. The van der Waals surface area contributed by atoms with Crippen LogP contribution in [0.25, 0.3) is 0 Å². The van der Waals surface area contributed by atoms with Gasteiger partial charge in [0, 0.05) is 4.90 Å². The van der Waals surface area contributed by atoms with Gasteiger partial charge in [0.05, 0.1) is 12.6 Å². The first-order valence-electron chi connectivity index (χ1n) is 4.15. The predicted octanol–water partition coefficient (Wildman–Crippen LogP) is 2.71. The van der Waals surface area contributed by atoms with Gasteiger partial charge in [0.25, 0.3) is 0 Å². The van der Waals surface area contributed by atoms with Crippen molar-refractivity contribution in [2.24, 2.45) is 5.73 Å². The molecular formula is C9H11ClF3NOS. The molecule has 16 heavy (non-hydrogen) atoms. The van der Waals surface area contributed by atoms with Gasteiger partial charge >= 0.3 is 5.51 Å². The predicted molar refractivity (Wildman–Crippen MR) is 59.6 cm³/mol. The Labute approximate surface area is 101 Å². The molecule has 0 aromatic heterocycles. The summed E-state index contributed by atoms with van der Waals surface area (Å²) in [6.07, 6.45) is 0. The van der Waals surface area contributed by atoms with Crippen molar-refractivity contribution in [1.82, 2.24) is 0 Å². The van der Waals surface area contributed by atoms with Crippen LogP contribution in [-0.4, -0.2) is 17.2 Å². The molecule has 0 spiro atoms. The second-order valence-corrected chi connectivity index (χ2v) is 3.98. The monoisotopic (exact) mass is 273 g/mol. The van der Waals surface area contributed by atoms with E-state index in [1.165, 1.54) is 18.2 Å². The van der Waals surface area contributed by atoms with Crippen LogP contribution < -0.4 is 5.73 Å². The number of rotatable bonds is 3. The Morgan fingerprint density at radius 3 is 2.38 bits per heavy atom. The summed E-state index contributed by atoms with van der Waals surface area (Å²) in [4.78, 5) is 0.0338. The highest BCUT2D eigenvalue weighted by Crippen LogP contribution is 2.39. The van der Waals surface area contributed by atoms with Crippen LogP contribution in [0.3, 0.4) is 0 Å². The van der Waals surface area contributed by atoms with Crippen LogP contribution in [0.15, 0.2) is 29.2 Å². The summed E-state index contributed by atoms with van der Waals surface area (Å²) in [5.74, 6) is 0. The Kier molecular flexibility index (Phi) is 6.17. The number of hydrogen-bond donors (Lipinski definition) is 2. The van der Waals surface area contributed by atoms with E-state index in [-0.39, 0.29) is 35.7 Å². The normalized spacial score (nSPS) is 13.1. The Bertz CT molecular complexity index is 335. The highest BCUT2D eigenvalue weighted by molar-refractivity contribution is 8.00. The summed E-state index contributed by atoms with van der Waals surface area (Å²) in [6.45, 7) is -0.380. The van der Waals surface area contributed by atoms with E-state index in [1.807, 2.05) is 0 Å². The number of thioether (sulfide) groups is 1. The summed E-state index contributed by atoms with van der Waals surface area (Å²) in [5.41, 5.74) is 1.45. The fraction of sp³-hybridized carbons (Fsp3) is 0.333. The highest BCUT2D eigenvalue weighted by Gasteiger charge is 2.30. The molecule has 0 aliphatic rings. The molecule has 0 saturated carbocycles.